The van der Waals surface area contributed by atoms with Gasteiger partial charge in [0.05, 0.1) is 10.6 Å². The van der Waals surface area contributed by atoms with Crippen molar-refractivity contribution in [2.45, 2.75) is 6.18 Å². The number of rotatable bonds is 0. The second-order valence-corrected chi connectivity index (χ2v) is 2.71. The van der Waals surface area contributed by atoms with Gasteiger partial charge in [-0.15, -0.1) is 0 Å². The van der Waals surface area contributed by atoms with Crippen LogP contribution in [0.25, 0.3) is 0 Å². The molecule has 0 saturated heterocycles. The summed E-state index contributed by atoms with van der Waals surface area (Å²) in [7, 11) is 0. The van der Waals surface area contributed by atoms with Crippen LogP contribution >= 0.6 is 11.6 Å². The number of hydrogen-bond donors (Lipinski definition) is 0. The highest BCUT2D eigenvalue weighted by Gasteiger charge is 2.35. The van der Waals surface area contributed by atoms with E-state index in [1.54, 1.807) is 6.07 Å². The fourth-order valence-electron chi connectivity index (χ4n) is 0.787. The predicted octanol–water partition coefficient (Wildman–Crippen LogP) is 3.17. The van der Waals surface area contributed by atoms with Crippen LogP contribution in [0.2, 0.25) is 5.02 Å². The van der Waals surface area contributed by atoms with Crippen LogP contribution in [0, 0.1) is 23.2 Å². The van der Waals surface area contributed by atoms with Crippen LogP contribution in [-0.2, 0) is 6.18 Å². The third-order valence-electron chi connectivity index (χ3n) is 1.39. The molecule has 0 aliphatic heterocycles. The molecule has 1 nitrogen and oxygen atoms in total. The zero-order valence-corrected chi connectivity index (χ0v) is 7.17. The standard InChI is InChI=1S/C8HClF4N/c9-6-2-5(8(11,12)13)7(10)1-4(6)3-14/h1H. The zero-order chi connectivity index (χ0) is 10.9. The molecule has 73 valence electrons. The average molecular weight is 223 g/mol. The molecule has 0 amide bonds. The van der Waals surface area contributed by atoms with Gasteiger partial charge in [0.15, 0.2) is 0 Å². The maximum atomic E-state index is 12.8. The van der Waals surface area contributed by atoms with E-state index in [1.165, 1.54) is 6.07 Å². The van der Waals surface area contributed by atoms with Crippen LogP contribution in [-0.4, -0.2) is 0 Å². The molecule has 1 rings (SSSR count). The minimum absolute atomic E-state index is 0.378. The van der Waals surface area contributed by atoms with Gasteiger partial charge in [-0.1, -0.05) is 11.6 Å². The fourth-order valence-corrected chi connectivity index (χ4v) is 0.978. The Balaban J connectivity index is 3.38. The molecule has 1 aromatic rings. The van der Waals surface area contributed by atoms with Gasteiger partial charge in [-0.25, -0.2) is 4.39 Å². The smallest absolute Gasteiger partial charge is 0.206 e. The van der Waals surface area contributed by atoms with Crippen LogP contribution < -0.4 is 0 Å². The number of nitriles is 1. The molecular formula is C8HClF4N. The summed E-state index contributed by atoms with van der Waals surface area (Å²) in [5.41, 5.74) is -1.97. The summed E-state index contributed by atoms with van der Waals surface area (Å²) >= 11 is 5.26. The Bertz CT molecular complexity index is 405. The van der Waals surface area contributed by atoms with E-state index < -0.39 is 22.6 Å². The maximum absolute atomic E-state index is 12.8. The predicted molar refractivity (Wildman–Crippen MR) is 40.0 cm³/mol. The van der Waals surface area contributed by atoms with Crippen molar-refractivity contribution in [2.24, 2.45) is 0 Å². The largest absolute Gasteiger partial charge is 0.419 e. The summed E-state index contributed by atoms with van der Waals surface area (Å²) < 4.78 is 48.9. The van der Waals surface area contributed by atoms with Crippen molar-refractivity contribution in [3.63, 3.8) is 0 Å². The highest BCUT2D eigenvalue weighted by Crippen LogP contribution is 2.33. The molecule has 0 atom stereocenters. The van der Waals surface area contributed by atoms with Crippen LogP contribution in [0.15, 0.2) is 6.07 Å². The van der Waals surface area contributed by atoms with Crippen LogP contribution in [0.4, 0.5) is 17.6 Å². The Morgan fingerprint density at radius 1 is 1.43 bits per heavy atom. The lowest BCUT2D eigenvalue weighted by molar-refractivity contribution is -0.140. The molecular weight excluding hydrogens is 222 g/mol. The van der Waals surface area contributed by atoms with E-state index in [0.29, 0.717) is 6.07 Å². The second kappa shape index (κ2) is 3.46. The lowest BCUT2D eigenvalue weighted by Gasteiger charge is -2.07. The van der Waals surface area contributed by atoms with Gasteiger partial charge in [-0.2, -0.15) is 18.4 Å². The first kappa shape index (κ1) is 10.8. The average Bonchev–Trinajstić information content (AvgIpc) is 2.06. The topological polar surface area (TPSA) is 23.8 Å². The monoisotopic (exact) mass is 222 g/mol. The number of benzene rings is 1. The van der Waals surface area contributed by atoms with Crippen molar-refractivity contribution >= 4 is 11.6 Å². The molecule has 14 heavy (non-hydrogen) atoms. The van der Waals surface area contributed by atoms with Crippen LogP contribution in [0.5, 0.6) is 0 Å². The molecule has 0 fully saturated rings. The second-order valence-electron chi connectivity index (χ2n) is 2.33. The Morgan fingerprint density at radius 3 is 2.43 bits per heavy atom. The fraction of sp³-hybridized carbons (Fsp3) is 0.125. The van der Waals surface area contributed by atoms with Crippen molar-refractivity contribution < 1.29 is 17.6 Å². The lowest BCUT2D eigenvalue weighted by atomic mass is 10.1. The molecule has 0 spiro atoms. The van der Waals surface area contributed by atoms with Crippen molar-refractivity contribution in [2.75, 3.05) is 0 Å². The van der Waals surface area contributed by atoms with E-state index in [-0.39, 0.29) is 5.56 Å². The van der Waals surface area contributed by atoms with E-state index >= 15 is 0 Å². The third-order valence-corrected chi connectivity index (χ3v) is 1.68. The molecule has 0 aromatic heterocycles. The van der Waals surface area contributed by atoms with Crippen molar-refractivity contribution in [1.29, 1.82) is 5.26 Å². The number of halogens is 5. The minimum atomic E-state index is -4.86. The molecule has 0 aliphatic rings. The van der Waals surface area contributed by atoms with Gasteiger partial charge in [0.1, 0.15) is 17.4 Å². The highest BCUT2D eigenvalue weighted by atomic mass is 35.5. The van der Waals surface area contributed by atoms with Crippen molar-refractivity contribution in [3.8, 4) is 6.07 Å². The molecule has 0 saturated carbocycles. The molecule has 0 unspecified atom stereocenters. The summed E-state index contributed by atoms with van der Waals surface area (Å²) in [5.74, 6) is -1.56. The molecule has 0 aliphatic carbocycles. The number of hydrogen-bond acceptors (Lipinski definition) is 1. The van der Waals surface area contributed by atoms with Gasteiger partial charge >= 0.3 is 6.18 Å². The van der Waals surface area contributed by atoms with Gasteiger partial charge in [0.2, 0.25) is 0 Å². The maximum Gasteiger partial charge on any atom is 0.419 e. The number of alkyl halides is 3. The Morgan fingerprint density at radius 2 is 2.00 bits per heavy atom. The van der Waals surface area contributed by atoms with Gasteiger partial charge in [0.25, 0.3) is 0 Å². The molecule has 0 bridgehead atoms. The Kier molecular flexibility index (Phi) is 2.67. The summed E-state index contributed by atoms with van der Waals surface area (Å²) in [6, 6.07) is 3.45. The lowest BCUT2D eigenvalue weighted by Crippen LogP contribution is -2.08. The highest BCUT2D eigenvalue weighted by molar-refractivity contribution is 6.31. The summed E-state index contributed by atoms with van der Waals surface area (Å²) in [4.78, 5) is 0. The van der Waals surface area contributed by atoms with E-state index in [0.717, 1.165) is 0 Å². The molecule has 1 radical (unpaired) electrons. The van der Waals surface area contributed by atoms with Crippen molar-refractivity contribution in [3.05, 3.63) is 34.1 Å². The first-order chi connectivity index (χ1) is 6.36. The summed E-state index contributed by atoms with van der Waals surface area (Å²) in [6.45, 7) is 0. The quantitative estimate of drug-likeness (QED) is 0.619. The number of nitrogens with zero attached hydrogens (tertiary/aromatic N) is 1. The molecule has 0 heterocycles. The Hall–Kier alpha value is -1.28. The van der Waals surface area contributed by atoms with Gasteiger partial charge in [0, 0.05) is 6.07 Å². The first-order valence-electron chi connectivity index (χ1n) is 3.25. The summed E-state index contributed by atoms with van der Waals surface area (Å²) in [6.07, 6.45) is -4.86. The van der Waals surface area contributed by atoms with E-state index in [2.05, 4.69) is 0 Å². The SMILES string of the molecule is N#Cc1cc(F)c(C(F)(F)F)[c]c1Cl. The minimum Gasteiger partial charge on any atom is -0.206 e. The first-order valence-corrected chi connectivity index (χ1v) is 3.62. The normalized spacial score (nSPS) is 11.1. The van der Waals surface area contributed by atoms with E-state index in [4.69, 9.17) is 16.9 Å². The molecule has 6 heteroatoms. The van der Waals surface area contributed by atoms with E-state index in [1.807, 2.05) is 0 Å². The van der Waals surface area contributed by atoms with Gasteiger partial charge in [-0.3, -0.25) is 0 Å². The molecule has 0 N–H and O–H groups in total. The van der Waals surface area contributed by atoms with Crippen LogP contribution in [0.3, 0.4) is 0 Å². The Labute approximate surface area is 81.5 Å². The third kappa shape index (κ3) is 1.96. The zero-order valence-electron chi connectivity index (χ0n) is 6.41. The van der Waals surface area contributed by atoms with Crippen molar-refractivity contribution in [1.82, 2.24) is 0 Å². The van der Waals surface area contributed by atoms with Gasteiger partial charge in [-0.05, 0) is 6.07 Å². The molecule has 1 aromatic carbocycles. The van der Waals surface area contributed by atoms with E-state index in [9.17, 15) is 17.6 Å². The van der Waals surface area contributed by atoms with Gasteiger partial charge < -0.3 is 0 Å². The van der Waals surface area contributed by atoms with Crippen LogP contribution in [0.1, 0.15) is 11.1 Å². The summed E-state index contributed by atoms with van der Waals surface area (Å²) in [5, 5.41) is 7.79.